The molecule has 1 aromatic carbocycles. The lowest BCUT2D eigenvalue weighted by Crippen LogP contribution is -2.13. The zero-order valence-corrected chi connectivity index (χ0v) is 16.8. The largest absolute Gasteiger partial charge is 0.317 e. The standard InChI is InChI=1S/C20H18ClN5OS/c1-2-3-6-18-24-25-20(28-18)23-19(27)14(13-22)12-17-5-4-11-26(17)16-9-7-15(21)8-10-16/h4-5,7-12H,2-3,6H2,1H3,(H,23,25,27). The van der Waals surface area contributed by atoms with Gasteiger partial charge in [-0.25, -0.2) is 0 Å². The summed E-state index contributed by atoms with van der Waals surface area (Å²) in [6, 6.07) is 12.9. The number of hydrogen-bond acceptors (Lipinski definition) is 5. The second-order valence-electron chi connectivity index (χ2n) is 6.01. The molecule has 3 rings (SSSR count). The number of nitriles is 1. The molecule has 2 aromatic heterocycles. The number of aryl methyl sites for hydroxylation is 1. The third kappa shape index (κ3) is 4.85. The van der Waals surface area contributed by atoms with Crippen molar-refractivity contribution in [2.45, 2.75) is 26.2 Å². The first-order valence-electron chi connectivity index (χ1n) is 8.79. The molecule has 2 heterocycles. The summed E-state index contributed by atoms with van der Waals surface area (Å²) >= 11 is 7.27. The molecule has 0 aliphatic rings. The van der Waals surface area contributed by atoms with E-state index in [4.69, 9.17) is 11.6 Å². The fraction of sp³-hybridized carbons (Fsp3) is 0.200. The molecule has 3 aromatic rings. The van der Waals surface area contributed by atoms with Crippen LogP contribution in [0.4, 0.5) is 5.13 Å². The van der Waals surface area contributed by atoms with Gasteiger partial charge in [-0.15, -0.1) is 10.2 Å². The fourth-order valence-electron chi connectivity index (χ4n) is 2.54. The molecule has 0 aliphatic heterocycles. The number of benzene rings is 1. The molecule has 142 valence electrons. The van der Waals surface area contributed by atoms with Crippen molar-refractivity contribution in [1.82, 2.24) is 14.8 Å². The summed E-state index contributed by atoms with van der Waals surface area (Å²) < 4.78 is 1.87. The van der Waals surface area contributed by atoms with E-state index in [1.807, 2.05) is 41.1 Å². The molecule has 0 aliphatic carbocycles. The lowest BCUT2D eigenvalue weighted by Gasteiger charge is -2.07. The Balaban J connectivity index is 1.78. The van der Waals surface area contributed by atoms with Crippen molar-refractivity contribution in [3.63, 3.8) is 0 Å². The molecule has 0 saturated carbocycles. The van der Waals surface area contributed by atoms with E-state index in [1.54, 1.807) is 18.2 Å². The smallest absolute Gasteiger partial charge is 0.268 e. The Bertz CT molecular complexity index is 1030. The maximum absolute atomic E-state index is 12.5. The van der Waals surface area contributed by atoms with E-state index < -0.39 is 5.91 Å². The number of nitrogens with zero attached hydrogens (tertiary/aromatic N) is 4. The topological polar surface area (TPSA) is 83.6 Å². The summed E-state index contributed by atoms with van der Waals surface area (Å²) in [6.45, 7) is 2.10. The van der Waals surface area contributed by atoms with Crippen LogP contribution >= 0.6 is 22.9 Å². The van der Waals surface area contributed by atoms with E-state index in [1.165, 1.54) is 11.3 Å². The first-order valence-corrected chi connectivity index (χ1v) is 9.99. The van der Waals surface area contributed by atoms with Crippen LogP contribution in [-0.4, -0.2) is 20.7 Å². The highest BCUT2D eigenvalue weighted by atomic mass is 35.5. The molecule has 8 heteroatoms. The van der Waals surface area contributed by atoms with Gasteiger partial charge in [0, 0.05) is 29.0 Å². The highest BCUT2D eigenvalue weighted by Crippen LogP contribution is 2.20. The Morgan fingerprint density at radius 2 is 2.11 bits per heavy atom. The molecular formula is C20H18ClN5OS. The Morgan fingerprint density at radius 3 is 2.82 bits per heavy atom. The SMILES string of the molecule is CCCCc1nnc(NC(=O)C(C#N)=Cc2cccn2-c2ccc(Cl)cc2)s1. The van der Waals surface area contributed by atoms with Crippen LogP contribution in [0.15, 0.2) is 48.2 Å². The van der Waals surface area contributed by atoms with Crippen LogP contribution in [0.1, 0.15) is 30.5 Å². The highest BCUT2D eigenvalue weighted by Gasteiger charge is 2.14. The van der Waals surface area contributed by atoms with Crippen molar-refractivity contribution in [3.05, 3.63) is 63.9 Å². The third-order valence-electron chi connectivity index (χ3n) is 3.97. The number of anilines is 1. The van der Waals surface area contributed by atoms with Crippen molar-refractivity contribution >= 4 is 40.1 Å². The van der Waals surface area contributed by atoms with Gasteiger partial charge < -0.3 is 4.57 Å². The zero-order chi connectivity index (χ0) is 19.9. The van der Waals surface area contributed by atoms with Crippen LogP contribution in [0.5, 0.6) is 0 Å². The molecule has 0 radical (unpaired) electrons. The maximum atomic E-state index is 12.5. The van der Waals surface area contributed by atoms with E-state index in [2.05, 4.69) is 22.4 Å². The van der Waals surface area contributed by atoms with Crippen molar-refractivity contribution in [2.75, 3.05) is 5.32 Å². The number of rotatable bonds is 7. The van der Waals surface area contributed by atoms with Crippen LogP contribution in [0.3, 0.4) is 0 Å². The molecule has 0 spiro atoms. The summed E-state index contributed by atoms with van der Waals surface area (Å²) in [6.07, 6.45) is 6.32. The molecular weight excluding hydrogens is 394 g/mol. The van der Waals surface area contributed by atoms with Gasteiger partial charge in [-0.2, -0.15) is 5.26 Å². The molecule has 28 heavy (non-hydrogen) atoms. The van der Waals surface area contributed by atoms with Crippen molar-refractivity contribution < 1.29 is 4.79 Å². The van der Waals surface area contributed by atoms with Gasteiger partial charge in [0.05, 0.1) is 0 Å². The minimum atomic E-state index is -0.510. The number of amides is 1. The minimum absolute atomic E-state index is 0.0146. The monoisotopic (exact) mass is 411 g/mol. The van der Waals surface area contributed by atoms with Crippen molar-refractivity contribution in [2.24, 2.45) is 0 Å². The highest BCUT2D eigenvalue weighted by molar-refractivity contribution is 7.15. The normalized spacial score (nSPS) is 11.2. The van der Waals surface area contributed by atoms with Crippen LogP contribution in [0.2, 0.25) is 5.02 Å². The third-order valence-corrected chi connectivity index (χ3v) is 5.12. The second kappa shape index (κ2) is 9.31. The van der Waals surface area contributed by atoms with Gasteiger partial charge in [-0.1, -0.05) is 36.3 Å². The predicted molar refractivity (Wildman–Crippen MR) is 112 cm³/mol. The number of nitrogens with one attached hydrogen (secondary N) is 1. The van der Waals surface area contributed by atoms with E-state index >= 15 is 0 Å². The van der Waals surface area contributed by atoms with Gasteiger partial charge in [-0.3, -0.25) is 10.1 Å². The average molecular weight is 412 g/mol. The Labute approximate surface area is 172 Å². The molecule has 1 N–H and O–H groups in total. The number of carbonyl (C=O) groups is 1. The first kappa shape index (κ1) is 19.8. The molecule has 0 bridgehead atoms. The lowest BCUT2D eigenvalue weighted by atomic mass is 10.2. The van der Waals surface area contributed by atoms with Gasteiger partial charge in [0.15, 0.2) is 0 Å². The first-order chi connectivity index (χ1) is 13.6. The van der Waals surface area contributed by atoms with Crippen molar-refractivity contribution in [3.8, 4) is 11.8 Å². The van der Waals surface area contributed by atoms with E-state index in [0.717, 1.165) is 30.0 Å². The van der Waals surface area contributed by atoms with Gasteiger partial charge in [0.1, 0.15) is 16.6 Å². The minimum Gasteiger partial charge on any atom is -0.317 e. The summed E-state index contributed by atoms with van der Waals surface area (Å²) in [7, 11) is 0. The molecule has 0 unspecified atom stereocenters. The van der Waals surface area contributed by atoms with Gasteiger partial charge in [-0.05, 0) is 48.9 Å². The molecule has 0 saturated heterocycles. The number of halogens is 1. The van der Waals surface area contributed by atoms with Gasteiger partial charge in [0.25, 0.3) is 5.91 Å². The average Bonchev–Trinajstić information content (AvgIpc) is 3.34. The Hall–Kier alpha value is -2.95. The number of aromatic nitrogens is 3. The maximum Gasteiger partial charge on any atom is 0.268 e. The van der Waals surface area contributed by atoms with Crippen LogP contribution in [-0.2, 0) is 11.2 Å². The number of hydrogen-bond donors (Lipinski definition) is 1. The summed E-state index contributed by atoms with van der Waals surface area (Å²) in [4.78, 5) is 12.5. The predicted octanol–water partition coefficient (Wildman–Crippen LogP) is 4.87. The zero-order valence-electron chi connectivity index (χ0n) is 15.2. The van der Waals surface area contributed by atoms with Crippen molar-refractivity contribution in [1.29, 1.82) is 5.26 Å². The lowest BCUT2D eigenvalue weighted by molar-refractivity contribution is -0.112. The van der Waals surface area contributed by atoms with E-state index in [9.17, 15) is 10.1 Å². The molecule has 0 fully saturated rings. The molecule has 6 nitrogen and oxygen atoms in total. The summed E-state index contributed by atoms with van der Waals surface area (Å²) in [5.41, 5.74) is 1.57. The van der Waals surface area contributed by atoms with E-state index in [-0.39, 0.29) is 5.57 Å². The van der Waals surface area contributed by atoms with Gasteiger partial charge in [0.2, 0.25) is 5.13 Å². The van der Waals surface area contributed by atoms with Crippen LogP contribution in [0.25, 0.3) is 11.8 Å². The van der Waals surface area contributed by atoms with Crippen LogP contribution in [0, 0.1) is 11.3 Å². The van der Waals surface area contributed by atoms with Gasteiger partial charge >= 0.3 is 0 Å². The van der Waals surface area contributed by atoms with Crippen LogP contribution < -0.4 is 5.32 Å². The summed E-state index contributed by atoms with van der Waals surface area (Å²) in [5, 5.41) is 22.1. The Kier molecular flexibility index (Phi) is 6.58. The number of carbonyl (C=O) groups excluding carboxylic acids is 1. The summed E-state index contributed by atoms with van der Waals surface area (Å²) in [5.74, 6) is -0.510. The van der Waals surface area contributed by atoms with E-state index in [0.29, 0.717) is 15.8 Å². The molecule has 1 amide bonds. The second-order valence-corrected chi connectivity index (χ2v) is 7.51. The Morgan fingerprint density at radius 1 is 1.32 bits per heavy atom. The number of unbranched alkanes of at least 4 members (excludes halogenated alkanes) is 1. The molecule has 0 atom stereocenters. The quantitative estimate of drug-likeness (QED) is 0.444. The fourth-order valence-corrected chi connectivity index (χ4v) is 3.45.